The molecule has 3 nitrogen and oxygen atoms in total. The number of ether oxygens (including phenoxy) is 2. The molecular formula is C15H16FNO2. The van der Waals surface area contributed by atoms with Crippen molar-refractivity contribution in [2.24, 2.45) is 0 Å². The van der Waals surface area contributed by atoms with Crippen LogP contribution in [0.1, 0.15) is 17.0 Å². The number of halogens is 1. The van der Waals surface area contributed by atoms with E-state index in [0.29, 0.717) is 12.4 Å². The van der Waals surface area contributed by atoms with Crippen molar-refractivity contribution in [1.29, 1.82) is 0 Å². The van der Waals surface area contributed by atoms with Gasteiger partial charge in [-0.3, -0.25) is 4.98 Å². The van der Waals surface area contributed by atoms with E-state index < -0.39 is 0 Å². The molecule has 2 aromatic rings. The molecule has 4 heteroatoms. The van der Waals surface area contributed by atoms with Gasteiger partial charge in [0.05, 0.1) is 12.8 Å². The lowest BCUT2D eigenvalue weighted by atomic mass is 10.2. The normalized spacial score (nSPS) is 10.3. The monoisotopic (exact) mass is 261 g/mol. The molecule has 0 unspecified atom stereocenters. The Kier molecular flexibility index (Phi) is 4.00. The largest absolute Gasteiger partial charge is 0.497 e. The molecule has 1 heterocycles. The highest BCUT2D eigenvalue weighted by atomic mass is 19.1. The van der Waals surface area contributed by atoms with Gasteiger partial charge in [0.15, 0.2) is 0 Å². The third kappa shape index (κ3) is 3.44. The zero-order valence-corrected chi connectivity index (χ0v) is 11.2. The third-order valence-electron chi connectivity index (χ3n) is 2.73. The van der Waals surface area contributed by atoms with Gasteiger partial charge in [-0.05, 0) is 37.6 Å². The van der Waals surface area contributed by atoms with E-state index in [1.54, 1.807) is 13.2 Å². The summed E-state index contributed by atoms with van der Waals surface area (Å²) in [6.45, 7) is 4.03. The SMILES string of the molecule is COc1cc(C)nc(COc2ccc(F)cc2C)c1. The van der Waals surface area contributed by atoms with Gasteiger partial charge < -0.3 is 9.47 Å². The lowest BCUT2D eigenvalue weighted by molar-refractivity contribution is 0.297. The van der Waals surface area contributed by atoms with Crippen molar-refractivity contribution in [1.82, 2.24) is 4.98 Å². The molecule has 1 aromatic heterocycles. The first-order valence-corrected chi connectivity index (χ1v) is 5.99. The highest BCUT2D eigenvalue weighted by Gasteiger charge is 2.04. The molecule has 0 N–H and O–H groups in total. The van der Waals surface area contributed by atoms with Gasteiger partial charge in [0, 0.05) is 17.8 Å². The number of rotatable bonds is 4. The van der Waals surface area contributed by atoms with Crippen molar-refractivity contribution in [3.8, 4) is 11.5 Å². The number of benzene rings is 1. The molecule has 1 aromatic carbocycles. The maximum Gasteiger partial charge on any atom is 0.130 e. The van der Waals surface area contributed by atoms with Crippen molar-refractivity contribution < 1.29 is 13.9 Å². The van der Waals surface area contributed by atoms with Gasteiger partial charge in [-0.25, -0.2) is 4.39 Å². The van der Waals surface area contributed by atoms with Crippen LogP contribution >= 0.6 is 0 Å². The quantitative estimate of drug-likeness (QED) is 0.845. The fraction of sp³-hybridized carbons (Fsp3) is 0.267. The molecule has 0 radical (unpaired) electrons. The van der Waals surface area contributed by atoms with E-state index in [1.807, 2.05) is 26.0 Å². The molecule has 19 heavy (non-hydrogen) atoms. The van der Waals surface area contributed by atoms with E-state index in [4.69, 9.17) is 9.47 Å². The predicted molar refractivity (Wildman–Crippen MR) is 71.0 cm³/mol. The highest BCUT2D eigenvalue weighted by Crippen LogP contribution is 2.20. The minimum Gasteiger partial charge on any atom is -0.497 e. The first-order chi connectivity index (χ1) is 9.08. The van der Waals surface area contributed by atoms with Crippen LogP contribution in [-0.2, 0) is 6.61 Å². The van der Waals surface area contributed by atoms with Crippen molar-refractivity contribution in [2.75, 3.05) is 7.11 Å². The molecular weight excluding hydrogens is 245 g/mol. The summed E-state index contributed by atoms with van der Waals surface area (Å²) < 4.78 is 23.8. The van der Waals surface area contributed by atoms with Crippen molar-refractivity contribution in [3.63, 3.8) is 0 Å². The second-order valence-corrected chi connectivity index (χ2v) is 4.34. The smallest absolute Gasteiger partial charge is 0.130 e. The summed E-state index contributed by atoms with van der Waals surface area (Å²) in [6, 6.07) is 8.13. The van der Waals surface area contributed by atoms with Gasteiger partial charge >= 0.3 is 0 Å². The number of pyridine rings is 1. The van der Waals surface area contributed by atoms with E-state index in [-0.39, 0.29) is 5.82 Å². The average molecular weight is 261 g/mol. The Morgan fingerprint density at radius 3 is 2.63 bits per heavy atom. The first-order valence-electron chi connectivity index (χ1n) is 5.99. The molecule has 0 aliphatic carbocycles. The molecule has 0 amide bonds. The minimum atomic E-state index is -0.264. The van der Waals surface area contributed by atoms with Gasteiger partial charge in [0.25, 0.3) is 0 Å². The van der Waals surface area contributed by atoms with E-state index in [9.17, 15) is 4.39 Å². The van der Waals surface area contributed by atoms with Crippen LogP contribution in [-0.4, -0.2) is 12.1 Å². The molecule has 0 saturated carbocycles. The van der Waals surface area contributed by atoms with Crippen LogP contribution in [0.15, 0.2) is 30.3 Å². The number of hydrogen-bond donors (Lipinski definition) is 0. The standard InChI is InChI=1S/C15H16FNO2/c1-10-6-12(16)4-5-15(10)19-9-13-8-14(18-3)7-11(2)17-13/h4-8H,9H2,1-3H3. The van der Waals surface area contributed by atoms with Crippen LogP contribution in [0.25, 0.3) is 0 Å². The zero-order chi connectivity index (χ0) is 13.8. The van der Waals surface area contributed by atoms with Gasteiger partial charge in [-0.1, -0.05) is 0 Å². The van der Waals surface area contributed by atoms with Crippen LogP contribution in [0.5, 0.6) is 11.5 Å². The van der Waals surface area contributed by atoms with Crippen molar-refractivity contribution >= 4 is 0 Å². The van der Waals surface area contributed by atoms with E-state index in [0.717, 1.165) is 22.7 Å². The summed E-state index contributed by atoms with van der Waals surface area (Å²) in [5, 5.41) is 0. The number of hydrogen-bond acceptors (Lipinski definition) is 3. The molecule has 2 rings (SSSR count). The summed E-state index contributed by atoms with van der Waals surface area (Å²) in [6.07, 6.45) is 0. The Morgan fingerprint density at radius 2 is 1.95 bits per heavy atom. The fourth-order valence-electron chi connectivity index (χ4n) is 1.82. The maximum absolute atomic E-state index is 13.0. The van der Waals surface area contributed by atoms with E-state index in [1.165, 1.54) is 12.1 Å². The van der Waals surface area contributed by atoms with Gasteiger partial charge in [0.2, 0.25) is 0 Å². The molecule has 0 aliphatic heterocycles. The minimum absolute atomic E-state index is 0.264. The predicted octanol–water partition coefficient (Wildman–Crippen LogP) is 3.43. The second kappa shape index (κ2) is 5.69. The van der Waals surface area contributed by atoms with Gasteiger partial charge in [-0.15, -0.1) is 0 Å². The zero-order valence-electron chi connectivity index (χ0n) is 11.2. The lowest BCUT2D eigenvalue weighted by Gasteiger charge is -2.10. The Hall–Kier alpha value is -2.10. The molecule has 0 aliphatic rings. The summed E-state index contributed by atoms with van der Waals surface area (Å²) >= 11 is 0. The first kappa shape index (κ1) is 13.3. The molecule has 0 atom stereocenters. The maximum atomic E-state index is 13.0. The van der Waals surface area contributed by atoms with Crippen LogP contribution < -0.4 is 9.47 Å². The van der Waals surface area contributed by atoms with Crippen LogP contribution in [0.3, 0.4) is 0 Å². The van der Waals surface area contributed by atoms with Crippen LogP contribution in [0, 0.1) is 19.7 Å². The third-order valence-corrected chi connectivity index (χ3v) is 2.73. The Balaban J connectivity index is 2.12. The second-order valence-electron chi connectivity index (χ2n) is 4.34. The number of nitrogens with zero attached hydrogens (tertiary/aromatic N) is 1. The number of aryl methyl sites for hydroxylation is 2. The number of aromatic nitrogens is 1. The van der Waals surface area contributed by atoms with E-state index >= 15 is 0 Å². The van der Waals surface area contributed by atoms with Crippen molar-refractivity contribution in [3.05, 3.63) is 53.1 Å². The average Bonchev–Trinajstić information content (AvgIpc) is 2.37. The summed E-state index contributed by atoms with van der Waals surface area (Å²) in [7, 11) is 1.61. The summed E-state index contributed by atoms with van der Waals surface area (Å²) in [5.41, 5.74) is 2.41. The Bertz CT molecular complexity index is 584. The Labute approximate surface area is 112 Å². The van der Waals surface area contributed by atoms with Gasteiger partial charge in [0.1, 0.15) is 23.9 Å². The topological polar surface area (TPSA) is 31.4 Å². The van der Waals surface area contributed by atoms with E-state index in [2.05, 4.69) is 4.98 Å². The van der Waals surface area contributed by atoms with Gasteiger partial charge in [-0.2, -0.15) is 0 Å². The molecule has 0 bridgehead atoms. The summed E-state index contributed by atoms with van der Waals surface area (Å²) in [5.74, 6) is 1.14. The molecule has 0 spiro atoms. The molecule has 100 valence electrons. The lowest BCUT2D eigenvalue weighted by Crippen LogP contribution is -2.01. The van der Waals surface area contributed by atoms with Crippen molar-refractivity contribution in [2.45, 2.75) is 20.5 Å². The molecule has 0 saturated heterocycles. The fourth-order valence-corrected chi connectivity index (χ4v) is 1.82. The van der Waals surface area contributed by atoms with Crippen LogP contribution in [0.4, 0.5) is 4.39 Å². The molecule has 0 fully saturated rings. The summed E-state index contributed by atoms with van der Waals surface area (Å²) in [4.78, 5) is 4.37. The number of methoxy groups -OCH3 is 1. The highest BCUT2D eigenvalue weighted by molar-refractivity contribution is 5.33. The van der Waals surface area contributed by atoms with Crippen LogP contribution in [0.2, 0.25) is 0 Å². The Morgan fingerprint density at radius 1 is 1.16 bits per heavy atom.